The fraction of sp³-hybridized carbons (Fsp3) is 0.417. The molecule has 0 aliphatic rings. The molecule has 1 aromatic rings. The van der Waals surface area contributed by atoms with Gasteiger partial charge < -0.3 is 10.6 Å². The monoisotopic (exact) mass is 242 g/mol. The Morgan fingerprint density at radius 2 is 2.12 bits per heavy atom. The van der Waals surface area contributed by atoms with Crippen LogP contribution in [-0.4, -0.2) is 19.0 Å². The first-order valence-corrected chi connectivity index (χ1v) is 5.49. The SMILES string of the molecule is CCNCC(=O)NC(C)c1ccc(F)cc1F. The van der Waals surface area contributed by atoms with E-state index in [1.807, 2.05) is 6.92 Å². The van der Waals surface area contributed by atoms with Crippen LogP contribution in [0.25, 0.3) is 0 Å². The van der Waals surface area contributed by atoms with Gasteiger partial charge in [0, 0.05) is 11.6 Å². The summed E-state index contributed by atoms with van der Waals surface area (Å²) in [4.78, 5) is 11.4. The molecule has 1 amide bonds. The van der Waals surface area contributed by atoms with Crippen molar-refractivity contribution in [2.75, 3.05) is 13.1 Å². The van der Waals surface area contributed by atoms with Crippen LogP contribution in [0.2, 0.25) is 0 Å². The van der Waals surface area contributed by atoms with Crippen molar-refractivity contribution in [3.63, 3.8) is 0 Å². The Balaban J connectivity index is 2.63. The lowest BCUT2D eigenvalue weighted by Crippen LogP contribution is -2.35. The van der Waals surface area contributed by atoms with Crippen molar-refractivity contribution in [2.45, 2.75) is 19.9 Å². The first-order chi connectivity index (χ1) is 8.04. The van der Waals surface area contributed by atoms with E-state index in [0.29, 0.717) is 6.54 Å². The van der Waals surface area contributed by atoms with E-state index < -0.39 is 17.7 Å². The van der Waals surface area contributed by atoms with E-state index in [1.165, 1.54) is 12.1 Å². The number of rotatable bonds is 5. The predicted octanol–water partition coefficient (Wildman–Crippen LogP) is 1.75. The van der Waals surface area contributed by atoms with Crippen molar-refractivity contribution >= 4 is 5.91 Å². The fourth-order valence-corrected chi connectivity index (χ4v) is 1.46. The molecule has 0 aliphatic carbocycles. The maximum Gasteiger partial charge on any atom is 0.234 e. The predicted molar refractivity (Wildman–Crippen MR) is 61.5 cm³/mol. The van der Waals surface area contributed by atoms with Crippen LogP contribution in [0.3, 0.4) is 0 Å². The van der Waals surface area contributed by atoms with E-state index in [4.69, 9.17) is 0 Å². The van der Waals surface area contributed by atoms with Crippen molar-refractivity contribution < 1.29 is 13.6 Å². The Hall–Kier alpha value is -1.49. The molecule has 1 unspecified atom stereocenters. The lowest BCUT2D eigenvalue weighted by Gasteiger charge is -2.15. The molecule has 0 saturated carbocycles. The number of halogens is 2. The second-order valence-corrected chi connectivity index (χ2v) is 3.74. The smallest absolute Gasteiger partial charge is 0.234 e. The van der Waals surface area contributed by atoms with E-state index in [1.54, 1.807) is 6.92 Å². The van der Waals surface area contributed by atoms with Crippen molar-refractivity contribution in [2.24, 2.45) is 0 Å². The van der Waals surface area contributed by atoms with E-state index in [2.05, 4.69) is 10.6 Å². The number of hydrogen-bond acceptors (Lipinski definition) is 2. The molecule has 5 heteroatoms. The summed E-state index contributed by atoms with van der Waals surface area (Å²) in [7, 11) is 0. The van der Waals surface area contributed by atoms with Crippen LogP contribution in [-0.2, 0) is 4.79 Å². The lowest BCUT2D eigenvalue weighted by molar-refractivity contribution is -0.120. The summed E-state index contributed by atoms with van der Waals surface area (Å²) >= 11 is 0. The van der Waals surface area contributed by atoms with Crippen molar-refractivity contribution in [1.82, 2.24) is 10.6 Å². The van der Waals surface area contributed by atoms with Crippen LogP contribution in [0.4, 0.5) is 8.78 Å². The summed E-state index contributed by atoms with van der Waals surface area (Å²) in [5.41, 5.74) is 0.274. The van der Waals surface area contributed by atoms with Gasteiger partial charge in [-0.25, -0.2) is 8.78 Å². The maximum atomic E-state index is 13.4. The second-order valence-electron chi connectivity index (χ2n) is 3.74. The van der Waals surface area contributed by atoms with Gasteiger partial charge >= 0.3 is 0 Å². The van der Waals surface area contributed by atoms with E-state index in [9.17, 15) is 13.6 Å². The highest BCUT2D eigenvalue weighted by atomic mass is 19.1. The van der Waals surface area contributed by atoms with Gasteiger partial charge in [0.2, 0.25) is 5.91 Å². The van der Waals surface area contributed by atoms with E-state index in [-0.39, 0.29) is 18.0 Å². The van der Waals surface area contributed by atoms with Gasteiger partial charge in [-0.2, -0.15) is 0 Å². The first kappa shape index (κ1) is 13.6. The minimum Gasteiger partial charge on any atom is -0.348 e. The molecular formula is C12H16F2N2O. The molecule has 1 atom stereocenters. The Morgan fingerprint density at radius 3 is 2.71 bits per heavy atom. The summed E-state index contributed by atoms with van der Waals surface area (Å²) in [5.74, 6) is -1.50. The summed E-state index contributed by atoms with van der Waals surface area (Å²) in [6.07, 6.45) is 0. The van der Waals surface area contributed by atoms with E-state index >= 15 is 0 Å². The fourth-order valence-electron chi connectivity index (χ4n) is 1.46. The lowest BCUT2D eigenvalue weighted by atomic mass is 10.1. The minimum atomic E-state index is -0.652. The van der Waals surface area contributed by atoms with Crippen LogP contribution in [0.15, 0.2) is 18.2 Å². The number of likely N-dealkylation sites (N-methyl/N-ethyl adjacent to an activating group) is 1. The van der Waals surface area contributed by atoms with Crippen LogP contribution in [0.1, 0.15) is 25.5 Å². The molecule has 0 saturated heterocycles. The number of carbonyl (C=O) groups is 1. The van der Waals surface area contributed by atoms with Gasteiger partial charge in [-0.1, -0.05) is 13.0 Å². The zero-order valence-corrected chi connectivity index (χ0v) is 9.89. The van der Waals surface area contributed by atoms with Crippen molar-refractivity contribution in [3.05, 3.63) is 35.4 Å². The van der Waals surface area contributed by atoms with Crippen molar-refractivity contribution in [1.29, 1.82) is 0 Å². The Kier molecular flexibility index (Phi) is 5.03. The third kappa shape index (κ3) is 4.11. The number of benzene rings is 1. The molecule has 0 bridgehead atoms. The molecule has 0 radical (unpaired) electrons. The molecule has 0 aromatic heterocycles. The molecule has 3 nitrogen and oxygen atoms in total. The van der Waals surface area contributed by atoms with Gasteiger partial charge in [0.05, 0.1) is 12.6 Å². The average molecular weight is 242 g/mol. The van der Waals surface area contributed by atoms with Gasteiger partial charge in [-0.05, 0) is 19.5 Å². The number of hydrogen-bond donors (Lipinski definition) is 2. The molecule has 1 aromatic carbocycles. The largest absolute Gasteiger partial charge is 0.348 e. The summed E-state index contributed by atoms with van der Waals surface area (Å²) in [6.45, 7) is 4.41. The summed E-state index contributed by atoms with van der Waals surface area (Å²) < 4.78 is 26.1. The molecule has 0 spiro atoms. The highest BCUT2D eigenvalue weighted by Crippen LogP contribution is 2.17. The Bertz CT molecular complexity index is 396. The number of carbonyl (C=O) groups excluding carboxylic acids is 1. The van der Waals surface area contributed by atoms with Gasteiger partial charge in [0.1, 0.15) is 11.6 Å². The van der Waals surface area contributed by atoms with Crippen molar-refractivity contribution in [3.8, 4) is 0 Å². The maximum absolute atomic E-state index is 13.4. The van der Waals surface area contributed by atoms with Gasteiger partial charge in [-0.3, -0.25) is 4.79 Å². The molecule has 0 heterocycles. The first-order valence-electron chi connectivity index (χ1n) is 5.49. The van der Waals surface area contributed by atoms with Crippen LogP contribution in [0.5, 0.6) is 0 Å². The summed E-state index contributed by atoms with van der Waals surface area (Å²) in [6, 6.07) is 2.83. The standard InChI is InChI=1S/C12H16F2N2O/c1-3-15-7-12(17)16-8(2)10-5-4-9(13)6-11(10)14/h4-6,8,15H,3,7H2,1-2H3,(H,16,17). The van der Waals surface area contributed by atoms with Gasteiger partial charge in [0.25, 0.3) is 0 Å². The number of nitrogens with one attached hydrogen (secondary N) is 2. The molecule has 1 rings (SSSR count). The molecule has 94 valence electrons. The van der Waals surface area contributed by atoms with Crippen LogP contribution in [0, 0.1) is 11.6 Å². The molecule has 2 N–H and O–H groups in total. The third-order valence-corrected chi connectivity index (χ3v) is 2.34. The Morgan fingerprint density at radius 1 is 1.41 bits per heavy atom. The van der Waals surface area contributed by atoms with E-state index in [0.717, 1.165) is 6.07 Å². The Labute approximate surface area is 99.2 Å². The third-order valence-electron chi connectivity index (χ3n) is 2.34. The number of amides is 1. The quantitative estimate of drug-likeness (QED) is 0.826. The second kappa shape index (κ2) is 6.30. The topological polar surface area (TPSA) is 41.1 Å². The zero-order valence-electron chi connectivity index (χ0n) is 9.89. The average Bonchev–Trinajstić information content (AvgIpc) is 2.26. The van der Waals surface area contributed by atoms with Crippen LogP contribution < -0.4 is 10.6 Å². The molecule has 0 aliphatic heterocycles. The highest BCUT2D eigenvalue weighted by Gasteiger charge is 2.13. The van der Waals surface area contributed by atoms with Gasteiger partial charge in [0.15, 0.2) is 0 Å². The normalized spacial score (nSPS) is 12.2. The molecule has 0 fully saturated rings. The molecular weight excluding hydrogens is 226 g/mol. The minimum absolute atomic E-state index is 0.184. The van der Waals surface area contributed by atoms with Crippen LogP contribution >= 0.6 is 0 Å². The highest BCUT2D eigenvalue weighted by molar-refractivity contribution is 5.78. The molecule has 17 heavy (non-hydrogen) atoms. The zero-order chi connectivity index (χ0) is 12.8. The summed E-state index contributed by atoms with van der Waals surface area (Å²) in [5, 5.41) is 5.49. The van der Waals surface area contributed by atoms with Gasteiger partial charge in [-0.15, -0.1) is 0 Å².